The van der Waals surface area contributed by atoms with Gasteiger partial charge in [0.05, 0.1) is 23.3 Å². The topological polar surface area (TPSA) is 173 Å². The number of piperidine rings is 2. The number of aryl methyl sites for hydroxylation is 1. The SMILES string of the molecule is Cn1c(=O)n(C2CCC(=O)NC2=O)c2cccc([C@H]3CCN(C[C@H]4CC[C@H](n5cc6cc(NC(=O)c7cccc(C#N)n7)ncc6n5)CC4)C[C@@H]3F)c21. The Labute approximate surface area is 303 Å². The molecule has 53 heavy (non-hydrogen) atoms. The Balaban J connectivity index is 0.878. The first kappa shape index (κ1) is 34.3. The summed E-state index contributed by atoms with van der Waals surface area (Å²) < 4.78 is 21.0. The third kappa shape index (κ3) is 6.59. The third-order valence-corrected chi connectivity index (χ3v) is 11.1. The van der Waals surface area contributed by atoms with Gasteiger partial charge in [0.1, 0.15) is 41.0 Å². The maximum absolute atomic E-state index is 16.1. The molecule has 0 radical (unpaired) electrons. The summed E-state index contributed by atoms with van der Waals surface area (Å²) in [5, 5.41) is 19.8. The number of nitrogens with one attached hydrogen (secondary N) is 2. The molecule has 2 N–H and O–H groups in total. The minimum atomic E-state index is -1.11. The average molecular weight is 719 g/mol. The van der Waals surface area contributed by atoms with E-state index in [1.165, 1.54) is 15.2 Å². The molecule has 15 heteroatoms. The Kier molecular flexibility index (Phi) is 9.07. The van der Waals surface area contributed by atoms with E-state index in [0.29, 0.717) is 35.7 Å². The van der Waals surface area contributed by atoms with Gasteiger partial charge >= 0.3 is 5.69 Å². The van der Waals surface area contributed by atoms with Crippen molar-refractivity contribution >= 4 is 45.5 Å². The number of hydrogen-bond donors (Lipinski definition) is 2. The summed E-state index contributed by atoms with van der Waals surface area (Å²) in [5.41, 5.74) is 2.68. The zero-order valence-corrected chi connectivity index (χ0v) is 29.2. The van der Waals surface area contributed by atoms with Crippen LogP contribution in [0.15, 0.2) is 59.7 Å². The van der Waals surface area contributed by atoms with E-state index in [4.69, 9.17) is 10.4 Å². The Morgan fingerprint density at radius 1 is 1.08 bits per heavy atom. The van der Waals surface area contributed by atoms with Gasteiger partial charge in [-0.2, -0.15) is 10.4 Å². The van der Waals surface area contributed by atoms with Gasteiger partial charge in [-0.05, 0) is 80.8 Å². The van der Waals surface area contributed by atoms with E-state index in [1.807, 2.05) is 29.1 Å². The number of fused-ring (bicyclic) bond motifs is 2. The van der Waals surface area contributed by atoms with Gasteiger partial charge in [-0.1, -0.05) is 18.2 Å². The summed E-state index contributed by atoms with van der Waals surface area (Å²) in [7, 11) is 1.66. The normalized spacial score (nSPS) is 23.9. The van der Waals surface area contributed by atoms with Crippen LogP contribution < -0.4 is 16.3 Å². The quantitative estimate of drug-likeness (QED) is 0.235. The van der Waals surface area contributed by atoms with Crippen LogP contribution in [0.5, 0.6) is 0 Å². The van der Waals surface area contributed by atoms with Gasteiger partial charge in [-0.3, -0.25) is 33.5 Å². The van der Waals surface area contributed by atoms with Crippen LogP contribution in [-0.4, -0.2) is 77.3 Å². The molecule has 0 bridgehead atoms. The van der Waals surface area contributed by atoms with E-state index in [1.54, 1.807) is 37.5 Å². The van der Waals surface area contributed by atoms with E-state index < -0.39 is 24.0 Å². The molecule has 5 aromatic rings. The number of nitrogens with zero attached hydrogens (tertiary/aromatic N) is 8. The number of nitriles is 1. The fourth-order valence-electron chi connectivity index (χ4n) is 8.44. The van der Waals surface area contributed by atoms with Gasteiger partial charge in [0.2, 0.25) is 11.8 Å². The molecule has 272 valence electrons. The van der Waals surface area contributed by atoms with Crippen molar-refractivity contribution in [3.05, 3.63) is 82.3 Å². The summed E-state index contributed by atoms with van der Waals surface area (Å²) in [6, 6.07) is 13.4. The van der Waals surface area contributed by atoms with E-state index in [-0.39, 0.29) is 47.8 Å². The number of para-hydroxylation sites is 1. The van der Waals surface area contributed by atoms with Crippen LogP contribution >= 0.6 is 0 Å². The Morgan fingerprint density at radius 3 is 2.66 bits per heavy atom. The minimum Gasteiger partial charge on any atom is -0.305 e. The van der Waals surface area contributed by atoms with Crippen molar-refractivity contribution < 1.29 is 18.8 Å². The summed E-state index contributed by atoms with van der Waals surface area (Å²) >= 11 is 0. The number of hydrogen-bond acceptors (Lipinski definition) is 9. The van der Waals surface area contributed by atoms with E-state index in [0.717, 1.165) is 55.2 Å². The number of rotatable bonds is 7. The maximum Gasteiger partial charge on any atom is 0.329 e. The number of alkyl halides is 1. The van der Waals surface area contributed by atoms with Crippen LogP contribution in [0.25, 0.3) is 21.9 Å². The third-order valence-electron chi connectivity index (χ3n) is 11.1. The smallest absolute Gasteiger partial charge is 0.305 e. The van der Waals surface area contributed by atoms with Crippen LogP contribution in [0.1, 0.15) is 84.7 Å². The van der Waals surface area contributed by atoms with E-state index >= 15 is 4.39 Å². The first-order valence-corrected chi connectivity index (χ1v) is 18.1. The second-order valence-electron chi connectivity index (χ2n) is 14.5. The van der Waals surface area contributed by atoms with E-state index in [2.05, 4.69) is 25.5 Å². The molecule has 2 saturated heterocycles. The second-order valence-corrected chi connectivity index (χ2v) is 14.5. The summed E-state index contributed by atoms with van der Waals surface area (Å²) in [5.74, 6) is -0.839. The van der Waals surface area contributed by atoms with Gasteiger partial charge in [0.25, 0.3) is 5.91 Å². The molecule has 3 atom stereocenters. The zero-order valence-electron chi connectivity index (χ0n) is 29.2. The number of anilines is 1. The summed E-state index contributed by atoms with van der Waals surface area (Å²) in [6.45, 7) is 1.90. The standard InChI is InChI=1S/C38H39FN10O4/c1-46-35-27(5-3-7-31(35)49(38(46)53)32-12-13-34(50)44-37(32)52)26-14-15-47(21-28(26)39)19-22-8-10-25(11-9-22)48-20-23-16-33(41-18-30(23)45-48)43-36(51)29-6-2-4-24(17-40)42-29/h2-7,16,18,20,22,25-26,28,32H,8-15,19,21H2,1H3,(H,43,51)(H,44,50,52)/t22-,25-,26-,28+,32?/m1/s1. The predicted molar refractivity (Wildman–Crippen MR) is 193 cm³/mol. The van der Waals surface area contributed by atoms with E-state index in [9.17, 15) is 19.2 Å². The van der Waals surface area contributed by atoms with Crippen molar-refractivity contribution in [2.45, 2.75) is 69.1 Å². The van der Waals surface area contributed by atoms with Gasteiger partial charge in [-0.25, -0.2) is 19.2 Å². The highest BCUT2D eigenvalue weighted by atomic mass is 19.1. The molecule has 3 fully saturated rings. The van der Waals surface area contributed by atoms with Crippen LogP contribution in [0, 0.1) is 17.2 Å². The van der Waals surface area contributed by atoms with Crippen molar-refractivity contribution in [1.82, 2.24) is 39.1 Å². The highest BCUT2D eigenvalue weighted by Crippen LogP contribution is 2.38. The van der Waals surface area contributed by atoms with Crippen LogP contribution in [0.3, 0.4) is 0 Å². The molecular formula is C38H39FN10O4. The second kappa shape index (κ2) is 14.0. The first-order valence-electron chi connectivity index (χ1n) is 18.1. The number of imide groups is 1. The average Bonchev–Trinajstić information content (AvgIpc) is 3.70. The summed E-state index contributed by atoms with van der Waals surface area (Å²) in [6.07, 6.45) is 7.44. The molecule has 2 aliphatic heterocycles. The molecule has 3 amide bonds. The lowest BCUT2D eigenvalue weighted by Gasteiger charge is -2.38. The monoisotopic (exact) mass is 718 g/mol. The predicted octanol–water partition coefficient (Wildman–Crippen LogP) is 4.14. The molecule has 4 aromatic heterocycles. The van der Waals surface area contributed by atoms with Crippen LogP contribution in [0.4, 0.5) is 10.2 Å². The number of aromatic nitrogens is 6. The molecule has 1 aromatic carbocycles. The lowest BCUT2D eigenvalue weighted by atomic mass is 9.83. The Bertz CT molecular complexity index is 2350. The first-order chi connectivity index (χ1) is 25.7. The number of amides is 3. The maximum atomic E-state index is 16.1. The van der Waals surface area contributed by atoms with Gasteiger partial charge < -0.3 is 10.2 Å². The number of carbonyl (C=O) groups is 3. The zero-order chi connectivity index (χ0) is 36.8. The Hall–Kier alpha value is -5.75. The highest BCUT2D eigenvalue weighted by molar-refractivity contribution is 6.03. The number of imidazole rings is 1. The summed E-state index contributed by atoms with van der Waals surface area (Å²) in [4.78, 5) is 61.1. The van der Waals surface area contributed by atoms with Gasteiger partial charge in [-0.15, -0.1) is 0 Å². The molecule has 6 heterocycles. The van der Waals surface area contributed by atoms with Crippen LogP contribution in [-0.2, 0) is 16.6 Å². The Morgan fingerprint density at radius 2 is 1.89 bits per heavy atom. The molecule has 14 nitrogen and oxygen atoms in total. The molecule has 3 aliphatic rings. The largest absolute Gasteiger partial charge is 0.329 e. The van der Waals surface area contributed by atoms with Crippen molar-refractivity contribution in [3.8, 4) is 6.07 Å². The molecule has 0 spiro atoms. The highest BCUT2D eigenvalue weighted by Gasteiger charge is 2.36. The number of pyridine rings is 2. The van der Waals surface area contributed by atoms with Crippen molar-refractivity contribution in [3.63, 3.8) is 0 Å². The lowest BCUT2D eigenvalue weighted by Crippen LogP contribution is -2.44. The molecular weight excluding hydrogens is 679 g/mol. The van der Waals surface area contributed by atoms with Crippen molar-refractivity contribution in [2.75, 3.05) is 25.0 Å². The van der Waals surface area contributed by atoms with Gasteiger partial charge in [0.15, 0.2) is 0 Å². The molecule has 1 saturated carbocycles. The number of carbonyl (C=O) groups excluding carboxylic acids is 3. The van der Waals surface area contributed by atoms with Crippen molar-refractivity contribution in [1.29, 1.82) is 5.26 Å². The fourth-order valence-corrected chi connectivity index (χ4v) is 8.44. The lowest BCUT2D eigenvalue weighted by molar-refractivity contribution is -0.135. The van der Waals surface area contributed by atoms with Crippen molar-refractivity contribution in [2.24, 2.45) is 13.0 Å². The molecule has 8 rings (SSSR count). The minimum absolute atomic E-state index is 0.134. The van der Waals surface area contributed by atoms with Gasteiger partial charge in [0, 0.05) is 44.1 Å². The number of benzene rings is 1. The number of halogens is 1. The van der Waals surface area contributed by atoms with Crippen LogP contribution in [0.2, 0.25) is 0 Å². The fraction of sp³-hybridized carbons (Fsp3) is 0.421. The molecule has 1 unspecified atom stereocenters. The molecule has 1 aliphatic carbocycles. The number of likely N-dealkylation sites (tertiary alicyclic amines) is 1.